The SMILES string of the molecule is CC(C)CC(C(=O)NC(C#N)CCCCN(Cc1ccccc1)C(=O)O)c1cccc(-c2ccccc2)c1. The van der Waals surface area contributed by atoms with Gasteiger partial charge in [-0.3, -0.25) is 4.79 Å². The summed E-state index contributed by atoms with van der Waals surface area (Å²) in [4.78, 5) is 26.4. The smallest absolute Gasteiger partial charge is 0.407 e. The topological polar surface area (TPSA) is 93.4 Å². The molecule has 0 aliphatic carbocycles. The maximum absolute atomic E-state index is 13.4. The van der Waals surface area contributed by atoms with Crippen molar-refractivity contribution in [3.63, 3.8) is 0 Å². The van der Waals surface area contributed by atoms with Crippen LogP contribution in [0.5, 0.6) is 0 Å². The molecule has 0 heterocycles. The van der Waals surface area contributed by atoms with E-state index in [2.05, 4.69) is 31.3 Å². The first-order chi connectivity index (χ1) is 18.4. The summed E-state index contributed by atoms with van der Waals surface area (Å²) in [6.45, 7) is 4.88. The summed E-state index contributed by atoms with van der Waals surface area (Å²) in [6.07, 6.45) is 1.43. The highest BCUT2D eigenvalue weighted by Crippen LogP contribution is 2.29. The van der Waals surface area contributed by atoms with E-state index in [0.717, 1.165) is 22.3 Å². The maximum atomic E-state index is 13.4. The summed E-state index contributed by atoms with van der Waals surface area (Å²) in [7, 11) is 0. The molecule has 0 bridgehead atoms. The Balaban J connectivity index is 1.59. The van der Waals surface area contributed by atoms with Gasteiger partial charge in [0.15, 0.2) is 0 Å². The zero-order valence-electron chi connectivity index (χ0n) is 22.2. The maximum Gasteiger partial charge on any atom is 0.407 e. The normalized spacial score (nSPS) is 12.4. The molecular formula is C32H37N3O3. The van der Waals surface area contributed by atoms with Gasteiger partial charge in [-0.25, -0.2) is 4.79 Å². The second-order valence-electron chi connectivity index (χ2n) is 10.0. The number of nitrogens with zero attached hydrogens (tertiary/aromatic N) is 2. The lowest BCUT2D eigenvalue weighted by Crippen LogP contribution is -2.38. The number of rotatable bonds is 13. The van der Waals surface area contributed by atoms with Gasteiger partial charge in [-0.2, -0.15) is 5.26 Å². The molecular weight excluding hydrogens is 474 g/mol. The van der Waals surface area contributed by atoms with Crippen LogP contribution in [0.4, 0.5) is 4.79 Å². The van der Waals surface area contributed by atoms with Gasteiger partial charge in [0.1, 0.15) is 6.04 Å². The zero-order chi connectivity index (χ0) is 27.3. The summed E-state index contributed by atoms with van der Waals surface area (Å²) in [5.41, 5.74) is 4.02. The number of benzene rings is 3. The Morgan fingerprint density at radius 1 is 0.921 bits per heavy atom. The number of carboxylic acid groups (broad SMARTS) is 1. The van der Waals surface area contributed by atoms with Crippen LogP contribution < -0.4 is 5.32 Å². The van der Waals surface area contributed by atoms with Crippen molar-refractivity contribution in [2.24, 2.45) is 5.92 Å². The molecule has 38 heavy (non-hydrogen) atoms. The average molecular weight is 512 g/mol. The predicted molar refractivity (Wildman–Crippen MR) is 150 cm³/mol. The van der Waals surface area contributed by atoms with Gasteiger partial charge in [-0.1, -0.05) is 98.8 Å². The first-order valence-electron chi connectivity index (χ1n) is 13.2. The second-order valence-corrected chi connectivity index (χ2v) is 10.0. The largest absolute Gasteiger partial charge is 0.465 e. The number of carbonyl (C=O) groups excluding carboxylic acids is 1. The molecule has 3 aromatic carbocycles. The first-order valence-corrected chi connectivity index (χ1v) is 13.2. The Bertz CT molecular complexity index is 1210. The third-order valence-electron chi connectivity index (χ3n) is 6.55. The van der Waals surface area contributed by atoms with E-state index in [1.165, 1.54) is 4.90 Å². The molecule has 6 heteroatoms. The highest BCUT2D eigenvalue weighted by molar-refractivity contribution is 5.84. The Kier molecular flexibility index (Phi) is 10.9. The van der Waals surface area contributed by atoms with Gasteiger partial charge < -0.3 is 15.3 Å². The van der Waals surface area contributed by atoms with Crippen molar-refractivity contribution < 1.29 is 14.7 Å². The second kappa shape index (κ2) is 14.6. The minimum atomic E-state index is -0.965. The summed E-state index contributed by atoms with van der Waals surface area (Å²) < 4.78 is 0. The molecule has 0 saturated heterocycles. The third-order valence-corrected chi connectivity index (χ3v) is 6.55. The zero-order valence-corrected chi connectivity index (χ0v) is 22.2. The highest BCUT2D eigenvalue weighted by atomic mass is 16.4. The lowest BCUT2D eigenvalue weighted by Gasteiger charge is -2.22. The van der Waals surface area contributed by atoms with Crippen LogP contribution in [-0.2, 0) is 11.3 Å². The lowest BCUT2D eigenvalue weighted by atomic mass is 9.87. The van der Waals surface area contributed by atoms with Crippen molar-refractivity contribution in [3.8, 4) is 17.2 Å². The van der Waals surface area contributed by atoms with Crippen LogP contribution in [0, 0.1) is 17.2 Å². The summed E-state index contributed by atoms with van der Waals surface area (Å²) in [5, 5.41) is 22.2. The Morgan fingerprint density at radius 2 is 1.58 bits per heavy atom. The lowest BCUT2D eigenvalue weighted by molar-refractivity contribution is -0.123. The van der Waals surface area contributed by atoms with Gasteiger partial charge in [-0.05, 0) is 53.9 Å². The summed E-state index contributed by atoms with van der Waals surface area (Å²) in [5.74, 6) is -0.201. The van der Waals surface area contributed by atoms with Crippen LogP contribution in [-0.4, -0.2) is 34.6 Å². The molecule has 0 aliphatic heterocycles. The van der Waals surface area contributed by atoms with Crippen molar-refractivity contribution in [2.45, 2.75) is 58.0 Å². The molecule has 3 aromatic rings. The molecule has 0 fully saturated rings. The fourth-order valence-corrected chi connectivity index (χ4v) is 4.57. The van der Waals surface area contributed by atoms with Crippen molar-refractivity contribution in [1.29, 1.82) is 5.26 Å². The molecule has 6 nitrogen and oxygen atoms in total. The molecule has 198 valence electrons. The quantitative estimate of drug-likeness (QED) is 0.246. The molecule has 0 radical (unpaired) electrons. The molecule has 0 spiro atoms. The van der Waals surface area contributed by atoms with Crippen molar-refractivity contribution in [3.05, 3.63) is 96.1 Å². The fraction of sp³-hybridized carbons (Fsp3) is 0.344. The van der Waals surface area contributed by atoms with Crippen LogP contribution in [0.1, 0.15) is 56.6 Å². The van der Waals surface area contributed by atoms with Gasteiger partial charge in [0.05, 0.1) is 12.0 Å². The van der Waals surface area contributed by atoms with E-state index in [-0.39, 0.29) is 11.8 Å². The monoisotopic (exact) mass is 511 g/mol. The van der Waals surface area contributed by atoms with E-state index in [1.54, 1.807) is 0 Å². The summed E-state index contributed by atoms with van der Waals surface area (Å²) >= 11 is 0. The van der Waals surface area contributed by atoms with E-state index in [1.807, 2.05) is 78.9 Å². The number of unbranched alkanes of at least 4 members (excludes halogenated alkanes) is 1. The standard InChI is InChI=1S/C32H37N3O3/c1-24(2)20-30(28-17-11-16-27(21-28)26-14-7-4-8-15-26)31(36)34-29(22-33)18-9-10-19-35(32(37)38)23-25-12-5-3-6-13-25/h3-8,11-17,21,24,29-30H,9-10,18-20,23H2,1-2H3,(H,34,36)(H,37,38). The molecule has 0 aliphatic rings. The van der Waals surface area contributed by atoms with Crippen LogP contribution in [0.15, 0.2) is 84.9 Å². The van der Waals surface area contributed by atoms with Crippen molar-refractivity contribution >= 4 is 12.0 Å². The minimum Gasteiger partial charge on any atom is -0.465 e. The van der Waals surface area contributed by atoms with Crippen LogP contribution in [0.2, 0.25) is 0 Å². The number of nitrogens with one attached hydrogen (secondary N) is 1. The van der Waals surface area contributed by atoms with Gasteiger partial charge in [0, 0.05) is 13.1 Å². The highest BCUT2D eigenvalue weighted by Gasteiger charge is 2.24. The average Bonchev–Trinajstić information content (AvgIpc) is 2.93. The molecule has 2 amide bonds. The number of carbonyl (C=O) groups is 2. The number of amides is 2. The summed E-state index contributed by atoms with van der Waals surface area (Å²) in [6, 6.07) is 29.2. The Labute approximate surface area is 225 Å². The van der Waals surface area contributed by atoms with E-state index in [0.29, 0.717) is 44.7 Å². The van der Waals surface area contributed by atoms with Crippen molar-refractivity contribution in [2.75, 3.05) is 6.54 Å². The number of hydrogen-bond donors (Lipinski definition) is 2. The Morgan fingerprint density at radius 3 is 2.21 bits per heavy atom. The van der Waals surface area contributed by atoms with Crippen molar-refractivity contribution in [1.82, 2.24) is 10.2 Å². The molecule has 0 aromatic heterocycles. The molecule has 2 atom stereocenters. The fourth-order valence-electron chi connectivity index (χ4n) is 4.57. The molecule has 2 N–H and O–H groups in total. The minimum absolute atomic E-state index is 0.147. The molecule has 0 saturated carbocycles. The number of nitriles is 1. The van der Waals surface area contributed by atoms with Crippen LogP contribution >= 0.6 is 0 Å². The third kappa shape index (κ3) is 8.77. The number of hydrogen-bond acceptors (Lipinski definition) is 3. The van der Waals surface area contributed by atoms with Gasteiger partial charge in [0.2, 0.25) is 5.91 Å². The Hall–Kier alpha value is -4.11. The molecule has 3 rings (SSSR count). The van der Waals surface area contributed by atoms with E-state index >= 15 is 0 Å². The van der Waals surface area contributed by atoms with E-state index < -0.39 is 12.1 Å². The van der Waals surface area contributed by atoms with E-state index in [4.69, 9.17) is 0 Å². The first kappa shape index (κ1) is 28.5. The van der Waals surface area contributed by atoms with Crippen LogP contribution in [0.25, 0.3) is 11.1 Å². The predicted octanol–water partition coefficient (Wildman–Crippen LogP) is 6.84. The van der Waals surface area contributed by atoms with Gasteiger partial charge in [0.25, 0.3) is 0 Å². The van der Waals surface area contributed by atoms with Gasteiger partial charge in [-0.15, -0.1) is 0 Å². The van der Waals surface area contributed by atoms with E-state index in [9.17, 15) is 20.0 Å². The van der Waals surface area contributed by atoms with Gasteiger partial charge >= 0.3 is 6.09 Å². The molecule has 2 unspecified atom stereocenters. The van der Waals surface area contributed by atoms with Crippen LogP contribution in [0.3, 0.4) is 0 Å².